The molecule has 166 valence electrons. The Hall–Kier alpha value is -3.80. The molecule has 3 rings (SSSR count). The Morgan fingerprint density at radius 1 is 0.719 bits per heavy atom. The van der Waals surface area contributed by atoms with Crippen molar-refractivity contribution in [3.8, 4) is 11.5 Å². The first-order valence-electron chi connectivity index (χ1n) is 10.4. The van der Waals surface area contributed by atoms with Gasteiger partial charge in [0.2, 0.25) is 0 Å². The molecule has 0 aromatic heterocycles. The smallest absolute Gasteiger partial charge is 0.430 e. The van der Waals surface area contributed by atoms with Gasteiger partial charge in [-0.3, -0.25) is 0 Å². The highest BCUT2D eigenvalue weighted by Crippen LogP contribution is 2.44. The van der Waals surface area contributed by atoms with Gasteiger partial charge in [-0.15, -0.1) is 0 Å². The van der Waals surface area contributed by atoms with E-state index in [0.29, 0.717) is 33.0 Å². The summed E-state index contributed by atoms with van der Waals surface area (Å²) in [4.78, 5) is 24.6. The van der Waals surface area contributed by atoms with Gasteiger partial charge in [0, 0.05) is 21.5 Å². The van der Waals surface area contributed by atoms with Gasteiger partial charge in [-0.1, -0.05) is 63.4 Å². The van der Waals surface area contributed by atoms with Gasteiger partial charge in [0.05, 0.1) is 0 Å². The van der Waals surface area contributed by atoms with E-state index in [2.05, 4.69) is 13.2 Å². The minimum atomic E-state index is -0.840. The van der Waals surface area contributed by atoms with E-state index in [1.807, 2.05) is 50.2 Å². The molecule has 0 N–H and O–H groups in total. The molecule has 3 aromatic rings. The molecule has 0 amide bonds. The lowest BCUT2D eigenvalue weighted by atomic mass is 9.96. The summed E-state index contributed by atoms with van der Waals surface area (Å²) in [6.07, 6.45) is 2.81. The molecule has 0 aliphatic rings. The first-order valence-corrected chi connectivity index (χ1v) is 10.4. The lowest BCUT2D eigenvalue weighted by Crippen LogP contribution is -2.13. The van der Waals surface area contributed by atoms with Gasteiger partial charge in [0.25, 0.3) is 0 Å². The van der Waals surface area contributed by atoms with Crippen LogP contribution in [-0.4, -0.2) is 25.5 Å². The Bertz CT molecular complexity index is 1080. The van der Waals surface area contributed by atoms with Gasteiger partial charge >= 0.3 is 12.3 Å². The molecule has 0 saturated carbocycles. The van der Waals surface area contributed by atoms with Gasteiger partial charge in [0.1, 0.15) is 24.7 Å². The van der Waals surface area contributed by atoms with Crippen LogP contribution in [0.15, 0.2) is 61.7 Å². The van der Waals surface area contributed by atoms with Crippen LogP contribution in [0.4, 0.5) is 9.59 Å². The zero-order valence-electron chi connectivity index (χ0n) is 18.3. The number of carbonyl (C=O) groups is 2. The predicted molar refractivity (Wildman–Crippen MR) is 125 cm³/mol. The van der Waals surface area contributed by atoms with E-state index in [-0.39, 0.29) is 13.2 Å². The summed E-state index contributed by atoms with van der Waals surface area (Å²) in [5.74, 6) is 0.683. The summed E-state index contributed by atoms with van der Waals surface area (Å²) in [7, 11) is 0. The van der Waals surface area contributed by atoms with Crippen LogP contribution in [0.2, 0.25) is 0 Å². The van der Waals surface area contributed by atoms with Crippen LogP contribution in [-0.2, 0) is 22.3 Å². The predicted octanol–water partition coefficient (Wildman–Crippen LogP) is 6.52. The molecule has 0 radical (unpaired) electrons. The van der Waals surface area contributed by atoms with Gasteiger partial charge in [-0.2, -0.15) is 0 Å². The first kappa shape index (κ1) is 22.9. The molecule has 0 aliphatic heterocycles. The fourth-order valence-corrected chi connectivity index (χ4v) is 3.38. The number of hydrogen-bond acceptors (Lipinski definition) is 6. The molecule has 0 saturated heterocycles. The molecule has 0 spiro atoms. The molecule has 3 aromatic carbocycles. The van der Waals surface area contributed by atoms with Crippen molar-refractivity contribution in [1.29, 1.82) is 0 Å². The van der Waals surface area contributed by atoms with E-state index in [0.717, 1.165) is 24.0 Å². The average molecular weight is 434 g/mol. The molecule has 0 fully saturated rings. The molecule has 0 atom stereocenters. The third-order valence-corrected chi connectivity index (χ3v) is 4.97. The van der Waals surface area contributed by atoms with Crippen molar-refractivity contribution in [3.05, 3.63) is 72.8 Å². The zero-order chi connectivity index (χ0) is 23.1. The number of benzene rings is 3. The highest BCUT2D eigenvalue weighted by atomic mass is 16.7. The SMILES string of the molecule is C=CCOC(=O)Oc1c2ccc(CC)cc2c(OC(=O)OCC=C)c2ccc(CC)cc12. The van der Waals surface area contributed by atoms with E-state index in [1.165, 1.54) is 12.2 Å². The molecular formula is C26H26O6. The third-order valence-electron chi connectivity index (χ3n) is 4.97. The van der Waals surface area contributed by atoms with Crippen LogP contribution in [0.3, 0.4) is 0 Å². The molecule has 6 heteroatoms. The van der Waals surface area contributed by atoms with Crippen LogP contribution in [0.5, 0.6) is 11.5 Å². The number of aryl methyl sites for hydroxylation is 2. The number of rotatable bonds is 8. The summed E-state index contributed by atoms with van der Waals surface area (Å²) in [5.41, 5.74) is 2.07. The zero-order valence-corrected chi connectivity index (χ0v) is 18.3. The molecule has 6 nitrogen and oxygen atoms in total. The van der Waals surface area contributed by atoms with E-state index in [9.17, 15) is 9.59 Å². The van der Waals surface area contributed by atoms with E-state index in [4.69, 9.17) is 18.9 Å². The van der Waals surface area contributed by atoms with Crippen LogP contribution >= 0.6 is 0 Å². The Morgan fingerprint density at radius 2 is 1.12 bits per heavy atom. The highest BCUT2D eigenvalue weighted by Gasteiger charge is 2.22. The van der Waals surface area contributed by atoms with Gasteiger partial charge in [-0.25, -0.2) is 9.59 Å². The molecule has 0 heterocycles. The van der Waals surface area contributed by atoms with E-state index < -0.39 is 12.3 Å². The minimum Gasteiger partial charge on any atom is -0.430 e. The summed E-state index contributed by atoms with van der Waals surface area (Å²) in [6, 6.07) is 11.4. The van der Waals surface area contributed by atoms with Crippen molar-refractivity contribution in [2.45, 2.75) is 26.7 Å². The minimum absolute atomic E-state index is 0.0330. The first-order chi connectivity index (χ1) is 15.5. The molecule has 0 bridgehead atoms. The maximum atomic E-state index is 12.3. The maximum absolute atomic E-state index is 12.3. The summed E-state index contributed by atoms with van der Waals surface area (Å²) < 4.78 is 21.4. The van der Waals surface area contributed by atoms with Crippen molar-refractivity contribution in [2.75, 3.05) is 13.2 Å². The van der Waals surface area contributed by atoms with Crippen molar-refractivity contribution in [2.24, 2.45) is 0 Å². The van der Waals surface area contributed by atoms with Crippen LogP contribution in [0.25, 0.3) is 21.5 Å². The lowest BCUT2D eigenvalue weighted by molar-refractivity contribution is 0.109. The Morgan fingerprint density at radius 3 is 1.47 bits per heavy atom. The monoisotopic (exact) mass is 434 g/mol. The second-order valence-electron chi connectivity index (χ2n) is 7.03. The lowest BCUT2D eigenvalue weighted by Gasteiger charge is -2.17. The third kappa shape index (κ3) is 4.91. The van der Waals surface area contributed by atoms with Crippen molar-refractivity contribution in [1.82, 2.24) is 0 Å². The van der Waals surface area contributed by atoms with Crippen molar-refractivity contribution >= 4 is 33.9 Å². The quantitative estimate of drug-likeness (QED) is 0.174. The standard InChI is InChI=1S/C26H26O6/c1-5-13-29-25(27)31-23-19-11-9-18(8-4)16-22(19)24(32-26(28)30-14-6-2)20-12-10-17(7-3)15-21(20)23/h5-6,9-12,15-16H,1-2,7-8,13-14H2,3-4H3. The second-order valence-corrected chi connectivity index (χ2v) is 7.03. The fraction of sp³-hybridized carbons (Fsp3) is 0.231. The largest absolute Gasteiger partial charge is 0.514 e. The topological polar surface area (TPSA) is 71.1 Å². The molecule has 0 aliphatic carbocycles. The second kappa shape index (κ2) is 10.5. The number of ether oxygens (including phenoxy) is 4. The summed E-state index contributed by atoms with van der Waals surface area (Å²) >= 11 is 0. The highest BCUT2D eigenvalue weighted by molar-refractivity contribution is 6.12. The van der Waals surface area contributed by atoms with E-state index in [1.54, 1.807) is 0 Å². The number of hydrogen-bond donors (Lipinski definition) is 0. The summed E-state index contributed by atoms with van der Waals surface area (Å²) in [6.45, 7) is 11.2. The van der Waals surface area contributed by atoms with Crippen molar-refractivity contribution < 1.29 is 28.5 Å². The van der Waals surface area contributed by atoms with Crippen molar-refractivity contribution in [3.63, 3.8) is 0 Å². The maximum Gasteiger partial charge on any atom is 0.514 e. The molecule has 0 unspecified atom stereocenters. The number of fused-ring (bicyclic) bond motifs is 2. The van der Waals surface area contributed by atoms with Gasteiger partial charge < -0.3 is 18.9 Å². The molecular weight excluding hydrogens is 408 g/mol. The summed E-state index contributed by atoms with van der Waals surface area (Å²) in [5, 5.41) is 2.49. The van der Waals surface area contributed by atoms with Gasteiger partial charge in [-0.05, 0) is 36.1 Å². The fourth-order valence-electron chi connectivity index (χ4n) is 3.38. The van der Waals surface area contributed by atoms with Crippen LogP contribution in [0.1, 0.15) is 25.0 Å². The van der Waals surface area contributed by atoms with Crippen LogP contribution < -0.4 is 9.47 Å². The van der Waals surface area contributed by atoms with E-state index >= 15 is 0 Å². The number of carbonyl (C=O) groups excluding carboxylic acids is 2. The van der Waals surface area contributed by atoms with Crippen LogP contribution in [0, 0.1) is 0 Å². The average Bonchev–Trinajstić information content (AvgIpc) is 2.82. The Kier molecular flexibility index (Phi) is 7.49. The Labute approximate surface area is 187 Å². The Balaban J connectivity index is 2.28. The van der Waals surface area contributed by atoms with Gasteiger partial charge in [0.15, 0.2) is 0 Å². The molecule has 32 heavy (non-hydrogen) atoms. The normalized spacial score (nSPS) is 10.6.